The van der Waals surface area contributed by atoms with Crippen molar-refractivity contribution in [3.05, 3.63) is 0 Å². The lowest BCUT2D eigenvalue weighted by molar-refractivity contribution is -0.875. The summed E-state index contributed by atoms with van der Waals surface area (Å²) in [5.74, 6) is 0.120. The quantitative estimate of drug-likeness (QED) is 0.460. The van der Waals surface area contributed by atoms with E-state index in [1.54, 1.807) is 0 Å². The summed E-state index contributed by atoms with van der Waals surface area (Å²) in [4.78, 5) is 13.2. The molecule has 5 heteroatoms. The monoisotopic (exact) mass is 245 g/mol. The van der Waals surface area contributed by atoms with Crippen molar-refractivity contribution in [2.24, 2.45) is 0 Å². The van der Waals surface area contributed by atoms with Gasteiger partial charge in [0, 0.05) is 13.2 Å². The van der Waals surface area contributed by atoms with Crippen LogP contribution in [0.1, 0.15) is 19.8 Å². The van der Waals surface area contributed by atoms with E-state index in [2.05, 4.69) is 24.7 Å². The maximum Gasteiger partial charge on any atom is 0.278 e. The molecule has 1 amide bonds. The smallest absolute Gasteiger partial charge is 0.278 e. The molecule has 0 unspecified atom stereocenters. The van der Waals surface area contributed by atoms with Crippen LogP contribution in [0.4, 0.5) is 0 Å². The summed E-state index contributed by atoms with van der Waals surface area (Å²) in [5, 5.41) is 5.06. The Bertz CT molecular complexity index is 228. The highest BCUT2D eigenvalue weighted by Gasteiger charge is 2.20. The van der Waals surface area contributed by atoms with E-state index in [1.807, 2.05) is 6.92 Å². The SMILES string of the molecule is C[C@@H]([NH2+]CC[NH+](C)C)C(=O)NC[C@@H]1CCCO1. The van der Waals surface area contributed by atoms with Gasteiger partial charge in [-0.1, -0.05) is 0 Å². The van der Waals surface area contributed by atoms with Gasteiger partial charge in [-0.05, 0) is 19.8 Å². The van der Waals surface area contributed by atoms with Crippen molar-refractivity contribution in [1.29, 1.82) is 0 Å². The second-order valence-corrected chi connectivity index (χ2v) is 5.15. The van der Waals surface area contributed by atoms with E-state index in [0.29, 0.717) is 6.54 Å². The minimum atomic E-state index is -0.00393. The standard InChI is InChI=1S/C12H25N3O2/c1-10(13-6-7-15(2)3)12(16)14-9-11-5-4-8-17-11/h10-11,13H,4-9H2,1-3H3,(H,14,16)/p+2/t10-,11+/m1/s1. The molecule has 5 nitrogen and oxygen atoms in total. The third kappa shape index (κ3) is 6.00. The van der Waals surface area contributed by atoms with Crippen molar-refractivity contribution in [3.63, 3.8) is 0 Å². The predicted octanol–water partition coefficient (Wildman–Crippen LogP) is -2.62. The fourth-order valence-electron chi connectivity index (χ4n) is 1.91. The Morgan fingerprint density at radius 3 is 2.94 bits per heavy atom. The van der Waals surface area contributed by atoms with Crippen LogP contribution >= 0.6 is 0 Å². The maximum absolute atomic E-state index is 11.8. The molecule has 0 aromatic heterocycles. The van der Waals surface area contributed by atoms with Gasteiger partial charge in [0.2, 0.25) is 0 Å². The van der Waals surface area contributed by atoms with E-state index >= 15 is 0 Å². The number of nitrogens with one attached hydrogen (secondary N) is 2. The van der Waals surface area contributed by atoms with Gasteiger partial charge in [0.1, 0.15) is 13.1 Å². The summed E-state index contributed by atoms with van der Waals surface area (Å²) >= 11 is 0. The van der Waals surface area contributed by atoms with E-state index in [4.69, 9.17) is 4.74 Å². The number of amides is 1. The number of carbonyl (C=O) groups is 1. The molecule has 0 aliphatic carbocycles. The molecule has 1 heterocycles. The first-order valence-corrected chi connectivity index (χ1v) is 6.61. The Morgan fingerprint density at radius 1 is 1.59 bits per heavy atom. The van der Waals surface area contributed by atoms with Crippen molar-refractivity contribution >= 4 is 5.91 Å². The number of ether oxygens (including phenoxy) is 1. The summed E-state index contributed by atoms with van der Waals surface area (Å²) in [6.07, 6.45) is 2.42. The molecule has 0 aromatic carbocycles. The van der Waals surface area contributed by atoms with Gasteiger partial charge in [0.25, 0.3) is 5.91 Å². The van der Waals surface area contributed by atoms with E-state index in [0.717, 1.165) is 32.5 Å². The first-order chi connectivity index (χ1) is 8.09. The maximum atomic E-state index is 11.8. The largest absolute Gasteiger partial charge is 0.376 e. The molecule has 1 aliphatic rings. The fourth-order valence-corrected chi connectivity index (χ4v) is 1.91. The number of hydrogen-bond donors (Lipinski definition) is 3. The highest BCUT2D eigenvalue weighted by Crippen LogP contribution is 2.10. The Hall–Kier alpha value is -0.650. The van der Waals surface area contributed by atoms with Gasteiger partial charge in [-0.3, -0.25) is 4.79 Å². The molecule has 0 spiro atoms. The van der Waals surface area contributed by atoms with Gasteiger partial charge in [0.15, 0.2) is 6.04 Å². The summed E-state index contributed by atoms with van der Waals surface area (Å²) in [5.41, 5.74) is 0. The van der Waals surface area contributed by atoms with Crippen molar-refractivity contribution in [2.75, 3.05) is 40.3 Å². The van der Waals surface area contributed by atoms with Gasteiger partial charge in [0.05, 0.1) is 20.2 Å². The van der Waals surface area contributed by atoms with Crippen molar-refractivity contribution in [2.45, 2.75) is 31.9 Å². The lowest BCUT2D eigenvalue weighted by Crippen LogP contribution is -3.10. The van der Waals surface area contributed by atoms with Gasteiger partial charge in [-0.2, -0.15) is 0 Å². The lowest BCUT2D eigenvalue weighted by atomic mass is 10.2. The summed E-state index contributed by atoms with van der Waals surface area (Å²) in [7, 11) is 4.24. The Balaban J connectivity index is 2.08. The molecule has 0 bridgehead atoms. The average molecular weight is 245 g/mol. The highest BCUT2D eigenvalue weighted by atomic mass is 16.5. The van der Waals surface area contributed by atoms with E-state index in [9.17, 15) is 4.79 Å². The third-order valence-corrected chi connectivity index (χ3v) is 3.11. The minimum Gasteiger partial charge on any atom is -0.376 e. The molecule has 1 aliphatic heterocycles. The predicted molar refractivity (Wildman–Crippen MR) is 65.9 cm³/mol. The Morgan fingerprint density at radius 2 is 2.35 bits per heavy atom. The zero-order valence-electron chi connectivity index (χ0n) is 11.3. The lowest BCUT2D eigenvalue weighted by Gasteiger charge is -2.14. The van der Waals surface area contributed by atoms with Crippen LogP contribution in [-0.4, -0.2) is 58.4 Å². The molecule has 1 rings (SSSR count). The van der Waals surface area contributed by atoms with Crippen LogP contribution in [0.25, 0.3) is 0 Å². The molecule has 17 heavy (non-hydrogen) atoms. The molecule has 0 radical (unpaired) electrons. The zero-order valence-corrected chi connectivity index (χ0v) is 11.3. The van der Waals surface area contributed by atoms with Crippen LogP contribution in [0.5, 0.6) is 0 Å². The van der Waals surface area contributed by atoms with E-state index in [1.165, 1.54) is 4.90 Å². The zero-order chi connectivity index (χ0) is 12.7. The molecular weight excluding hydrogens is 218 g/mol. The topological polar surface area (TPSA) is 59.4 Å². The van der Waals surface area contributed by atoms with Gasteiger partial charge in [-0.15, -0.1) is 0 Å². The first-order valence-electron chi connectivity index (χ1n) is 6.61. The van der Waals surface area contributed by atoms with E-state index < -0.39 is 0 Å². The highest BCUT2D eigenvalue weighted by molar-refractivity contribution is 5.79. The van der Waals surface area contributed by atoms with Crippen LogP contribution in [0.15, 0.2) is 0 Å². The van der Waals surface area contributed by atoms with Gasteiger partial charge in [-0.25, -0.2) is 0 Å². The Labute approximate surface area is 104 Å². The fraction of sp³-hybridized carbons (Fsp3) is 0.917. The van der Waals surface area contributed by atoms with Gasteiger partial charge < -0.3 is 20.3 Å². The number of hydrogen-bond acceptors (Lipinski definition) is 2. The number of quaternary nitrogens is 2. The second-order valence-electron chi connectivity index (χ2n) is 5.15. The number of rotatable bonds is 7. The minimum absolute atomic E-state index is 0.00393. The summed E-state index contributed by atoms with van der Waals surface area (Å²) in [6.45, 7) is 5.51. The summed E-state index contributed by atoms with van der Waals surface area (Å²) in [6, 6.07) is -0.00393. The molecule has 4 N–H and O–H groups in total. The molecule has 0 aromatic rings. The number of carbonyl (C=O) groups excluding carboxylic acids is 1. The summed E-state index contributed by atoms with van der Waals surface area (Å²) < 4.78 is 5.47. The van der Waals surface area contributed by atoms with Crippen molar-refractivity contribution in [3.8, 4) is 0 Å². The number of nitrogens with two attached hydrogens (primary N) is 1. The van der Waals surface area contributed by atoms with Crippen LogP contribution in [-0.2, 0) is 9.53 Å². The molecule has 100 valence electrons. The van der Waals surface area contributed by atoms with E-state index in [-0.39, 0.29) is 18.1 Å². The molecule has 1 fully saturated rings. The van der Waals surface area contributed by atoms with Crippen molar-refractivity contribution in [1.82, 2.24) is 5.32 Å². The first kappa shape index (κ1) is 14.4. The van der Waals surface area contributed by atoms with Crippen molar-refractivity contribution < 1.29 is 19.7 Å². The number of likely N-dealkylation sites (N-methyl/N-ethyl adjacent to an activating group) is 1. The molecular formula is C12H27N3O2+2. The van der Waals surface area contributed by atoms with Crippen LogP contribution in [0.3, 0.4) is 0 Å². The Kier molecular flexibility index (Phi) is 6.47. The van der Waals surface area contributed by atoms with Crippen LogP contribution in [0, 0.1) is 0 Å². The molecule has 1 saturated heterocycles. The van der Waals surface area contributed by atoms with Crippen LogP contribution < -0.4 is 15.5 Å². The normalized spacial score (nSPS) is 21.8. The van der Waals surface area contributed by atoms with Crippen LogP contribution in [0.2, 0.25) is 0 Å². The molecule has 2 atom stereocenters. The third-order valence-electron chi connectivity index (χ3n) is 3.11. The second kappa shape index (κ2) is 7.63. The molecule has 0 saturated carbocycles. The van der Waals surface area contributed by atoms with Gasteiger partial charge >= 0.3 is 0 Å². The average Bonchev–Trinajstić information content (AvgIpc) is 2.78.